The number of nitrogens with one attached hydrogen (secondary N) is 1. The first kappa shape index (κ1) is 12.8. The lowest BCUT2D eigenvalue weighted by molar-refractivity contribution is -0.134. The van der Waals surface area contributed by atoms with Crippen LogP contribution in [0.2, 0.25) is 0 Å². The van der Waals surface area contributed by atoms with Crippen LogP contribution in [0.4, 0.5) is 13.2 Å². The van der Waals surface area contributed by atoms with Crippen LogP contribution >= 0.6 is 11.3 Å². The van der Waals surface area contributed by atoms with Gasteiger partial charge in [-0.25, -0.2) is 4.98 Å². The van der Waals surface area contributed by atoms with Gasteiger partial charge in [-0.2, -0.15) is 13.2 Å². The van der Waals surface area contributed by atoms with Crippen molar-refractivity contribution < 1.29 is 13.2 Å². The Morgan fingerprint density at radius 1 is 1.41 bits per heavy atom. The Morgan fingerprint density at radius 2 is 2.12 bits per heavy atom. The fourth-order valence-electron chi connectivity index (χ4n) is 1.73. The van der Waals surface area contributed by atoms with E-state index in [1.165, 1.54) is 11.3 Å². The second-order valence-electron chi connectivity index (χ2n) is 4.34. The second-order valence-corrected chi connectivity index (χ2v) is 5.50. The summed E-state index contributed by atoms with van der Waals surface area (Å²) in [6, 6.07) is 0. The minimum absolute atomic E-state index is 0.0115. The molecule has 2 nitrogen and oxygen atoms in total. The highest BCUT2D eigenvalue weighted by atomic mass is 32.1. The predicted molar refractivity (Wildman–Crippen MR) is 61.2 cm³/mol. The number of aromatic nitrogens is 1. The van der Waals surface area contributed by atoms with Crippen molar-refractivity contribution in [3.63, 3.8) is 0 Å². The lowest BCUT2D eigenvalue weighted by Crippen LogP contribution is -2.08. The summed E-state index contributed by atoms with van der Waals surface area (Å²) >= 11 is 1.42. The molecule has 1 aliphatic carbocycles. The molecule has 17 heavy (non-hydrogen) atoms. The van der Waals surface area contributed by atoms with Gasteiger partial charge in [-0.05, 0) is 19.9 Å². The zero-order valence-electron chi connectivity index (χ0n) is 9.60. The lowest BCUT2D eigenvalue weighted by atomic mass is 10.2. The number of nitrogens with zero attached hydrogens (tertiary/aromatic N) is 1. The van der Waals surface area contributed by atoms with E-state index < -0.39 is 12.6 Å². The van der Waals surface area contributed by atoms with Crippen molar-refractivity contribution in [3.8, 4) is 0 Å². The largest absolute Gasteiger partial charge is 0.389 e. The van der Waals surface area contributed by atoms with Crippen molar-refractivity contribution in [2.45, 2.75) is 44.3 Å². The first-order chi connectivity index (χ1) is 7.99. The van der Waals surface area contributed by atoms with E-state index in [2.05, 4.69) is 10.3 Å². The minimum atomic E-state index is -4.09. The van der Waals surface area contributed by atoms with Crippen molar-refractivity contribution in [3.05, 3.63) is 15.6 Å². The molecule has 1 aliphatic rings. The fraction of sp³-hybridized carbons (Fsp3) is 0.727. The van der Waals surface area contributed by atoms with E-state index in [1.807, 2.05) is 7.05 Å². The Kier molecular flexibility index (Phi) is 3.73. The Balaban J connectivity index is 2.05. The molecule has 1 fully saturated rings. The third kappa shape index (κ3) is 3.67. The summed E-state index contributed by atoms with van der Waals surface area (Å²) in [5.41, 5.74) is 1.03. The molecule has 0 amide bonds. The van der Waals surface area contributed by atoms with Crippen molar-refractivity contribution in [2.75, 3.05) is 7.05 Å². The minimum Gasteiger partial charge on any atom is -0.315 e. The number of alkyl halides is 3. The number of aryl methyl sites for hydroxylation is 1. The van der Waals surface area contributed by atoms with Crippen molar-refractivity contribution in [1.29, 1.82) is 0 Å². The Hall–Kier alpha value is -0.620. The summed E-state index contributed by atoms with van der Waals surface area (Å²) in [6.45, 7) is 0.704. The van der Waals surface area contributed by atoms with Gasteiger partial charge < -0.3 is 5.32 Å². The molecule has 0 unspecified atom stereocenters. The maximum Gasteiger partial charge on any atom is 0.389 e. The summed E-state index contributed by atoms with van der Waals surface area (Å²) in [7, 11) is 1.84. The molecule has 0 aromatic carbocycles. The van der Waals surface area contributed by atoms with E-state index in [-0.39, 0.29) is 6.42 Å². The van der Waals surface area contributed by atoms with E-state index in [9.17, 15) is 13.2 Å². The van der Waals surface area contributed by atoms with E-state index >= 15 is 0 Å². The number of hydrogen-bond acceptors (Lipinski definition) is 3. The molecule has 1 heterocycles. The Morgan fingerprint density at radius 3 is 2.65 bits per heavy atom. The first-order valence-electron chi connectivity index (χ1n) is 5.69. The molecule has 2 rings (SSSR count). The first-order valence-corrected chi connectivity index (χ1v) is 6.51. The van der Waals surface area contributed by atoms with Crippen LogP contribution in [0.5, 0.6) is 0 Å². The molecular formula is C11H15F3N2S. The van der Waals surface area contributed by atoms with Gasteiger partial charge in [-0.1, -0.05) is 0 Å². The highest BCUT2D eigenvalue weighted by Gasteiger charge is 2.31. The monoisotopic (exact) mass is 264 g/mol. The van der Waals surface area contributed by atoms with Crippen molar-refractivity contribution >= 4 is 11.3 Å². The van der Waals surface area contributed by atoms with Gasteiger partial charge in [-0.3, -0.25) is 0 Å². The van der Waals surface area contributed by atoms with Gasteiger partial charge in [0.1, 0.15) is 0 Å². The van der Waals surface area contributed by atoms with Gasteiger partial charge in [0, 0.05) is 30.2 Å². The van der Waals surface area contributed by atoms with Crippen LogP contribution in [-0.4, -0.2) is 18.2 Å². The maximum absolute atomic E-state index is 12.1. The SMILES string of the molecule is CNCc1sc(CCC(F)(F)F)nc1C1CC1. The maximum atomic E-state index is 12.1. The van der Waals surface area contributed by atoms with Crippen LogP contribution in [0.3, 0.4) is 0 Å². The molecule has 1 aromatic rings. The molecule has 96 valence electrons. The summed E-state index contributed by atoms with van der Waals surface area (Å²) in [5, 5.41) is 3.66. The molecular weight excluding hydrogens is 249 g/mol. The number of hydrogen-bond donors (Lipinski definition) is 1. The van der Waals surface area contributed by atoms with Crippen LogP contribution in [0.25, 0.3) is 0 Å². The molecule has 0 aliphatic heterocycles. The lowest BCUT2D eigenvalue weighted by Gasteiger charge is -2.02. The molecule has 1 saturated carbocycles. The van der Waals surface area contributed by atoms with Crippen LogP contribution in [0, 0.1) is 0 Å². The van der Waals surface area contributed by atoms with Gasteiger partial charge in [0.2, 0.25) is 0 Å². The van der Waals surface area contributed by atoms with Crippen molar-refractivity contribution in [2.24, 2.45) is 0 Å². The molecule has 1 aromatic heterocycles. The average molecular weight is 264 g/mol. The molecule has 6 heteroatoms. The van der Waals surface area contributed by atoms with E-state index in [4.69, 9.17) is 0 Å². The molecule has 1 N–H and O–H groups in total. The van der Waals surface area contributed by atoms with E-state index in [0.29, 0.717) is 17.5 Å². The zero-order chi connectivity index (χ0) is 12.5. The third-order valence-corrected chi connectivity index (χ3v) is 3.83. The van der Waals surface area contributed by atoms with Crippen LogP contribution in [0.15, 0.2) is 0 Å². The summed E-state index contributed by atoms with van der Waals surface area (Å²) in [4.78, 5) is 5.48. The number of rotatable bonds is 5. The van der Waals surface area contributed by atoms with Crippen LogP contribution in [0.1, 0.15) is 40.8 Å². The zero-order valence-corrected chi connectivity index (χ0v) is 10.4. The second kappa shape index (κ2) is 4.94. The van der Waals surface area contributed by atoms with Gasteiger partial charge >= 0.3 is 6.18 Å². The Bertz CT molecular complexity index is 383. The van der Waals surface area contributed by atoms with Gasteiger partial charge in [0.25, 0.3) is 0 Å². The third-order valence-electron chi connectivity index (χ3n) is 2.70. The topological polar surface area (TPSA) is 24.9 Å². The Labute approximate surface area is 102 Å². The van der Waals surface area contributed by atoms with E-state index in [0.717, 1.165) is 23.4 Å². The van der Waals surface area contributed by atoms with Gasteiger partial charge in [0.05, 0.1) is 10.7 Å². The molecule has 0 radical (unpaired) electrons. The molecule has 0 atom stereocenters. The quantitative estimate of drug-likeness (QED) is 0.883. The summed E-state index contributed by atoms with van der Waals surface area (Å²) < 4.78 is 36.4. The standard InChI is InChI=1S/C11H15F3N2S/c1-15-6-8-10(7-2-3-7)16-9(17-8)4-5-11(12,13)14/h7,15H,2-6H2,1H3. The molecule has 0 saturated heterocycles. The van der Waals surface area contributed by atoms with Crippen LogP contribution in [-0.2, 0) is 13.0 Å². The molecule has 0 bridgehead atoms. The van der Waals surface area contributed by atoms with Crippen LogP contribution < -0.4 is 5.32 Å². The fourth-order valence-corrected chi connectivity index (χ4v) is 2.90. The highest BCUT2D eigenvalue weighted by molar-refractivity contribution is 7.11. The summed E-state index contributed by atoms with van der Waals surface area (Å²) in [5.74, 6) is 0.495. The van der Waals surface area contributed by atoms with Gasteiger partial charge in [0.15, 0.2) is 0 Å². The smallest absolute Gasteiger partial charge is 0.315 e. The number of halogens is 3. The summed E-state index contributed by atoms with van der Waals surface area (Å²) in [6.07, 6.45) is -2.60. The predicted octanol–water partition coefficient (Wildman–Crippen LogP) is 3.23. The highest BCUT2D eigenvalue weighted by Crippen LogP contribution is 2.43. The number of thiazole rings is 1. The average Bonchev–Trinajstić information content (AvgIpc) is 2.98. The van der Waals surface area contributed by atoms with Crippen molar-refractivity contribution in [1.82, 2.24) is 10.3 Å². The normalized spacial score (nSPS) is 16.5. The molecule has 0 spiro atoms. The van der Waals surface area contributed by atoms with Gasteiger partial charge in [-0.15, -0.1) is 11.3 Å². The van der Waals surface area contributed by atoms with E-state index in [1.54, 1.807) is 0 Å².